The molecule has 0 amide bonds. The van der Waals surface area contributed by atoms with Gasteiger partial charge >= 0.3 is 12.1 Å². The van der Waals surface area contributed by atoms with Crippen molar-refractivity contribution in [3.63, 3.8) is 0 Å². The standard InChI is InChI=1S/C19H15F4NO2/c1-11-14(3-2-4-15(11)20)18(17(25)26)7-5-13(10-18)12-6-8-24-16(9-12)19(21,22)23/h2-4,6,8-10H,5,7H2,1H3,(H,25,26). The van der Waals surface area contributed by atoms with Crippen LogP contribution in [0.2, 0.25) is 0 Å². The highest BCUT2D eigenvalue weighted by Gasteiger charge is 2.44. The fourth-order valence-electron chi connectivity index (χ4n) is 3.37. The summed E-state index contributed by atoms with van der Waals surface area (Å²) in [5, 5.41) is 9.82. The topological polar surface area (TPSA) is 50.2 Å². The van der Waals surface area contributed by atoms with Crippen LogP contribution in [0.5, 0.6) is 0 Å². The van der Waals surface area contributed by atoms with Gasteiger partial charge in [0.2, 0.25) is 0 Å². The minimum atomic E-state index is -4.59. The molecule has 0 fully saturated rings. The summed E-state index contributed by atoms with van der Waals surface area (Å²) in [7, 11) is 0. The molecule has 1 aliphatic carbocycles. The van der Waals surface area contributed by atoms with E-state index in [2.05, 4.69) is 4.98 Å². The molecule has 3 nitrogen and oxygen atoms in total. The summed E-state index contributed by atoms with van der Waals surface area (Å²) in [6, 6.07) is 6.54. The Kier molecular flexibility index (Phi) is 4.34. The van der Waals surface area contributed by atoms with Crippen LogP contribution >= 0.6 is 0 Å². The molecule has 1 N–H and O–H groups in total. The van der Waals surface area contributed by atoms with Crippen molar-refractivity contribution in [2.45, 2.75) is 31.4 Å². The maximum absolute atomic E-state index is 13.9. The number of rotatable bonds is 3. The van der Waals surface area contributed by atoms with Crippen LogP contribution in [-0.4, -0.2) is 16.1 Å². The Morgan fingerprint density at radius 2 is 2.00 bits per heavy atom. The van der Waals surface area contributed by atoms with E-state index < -0.39 is 29.1 Å². The van der Waals surface area contributed by atoms with E-state index in [1.807, 2.05) is 0 Å². The average molecular weight is 365 g/mol. The van der Waals surface area contributed by atoms with Crippen molar-refractivity contribution in [2.75, 3.05) is 0 Å². The molecule has 1 heterocycles. The molecule has 0 radical (unpaired) electrons. The van der Waals surface area contributed by atoms with E-state index in [0.717, 1.165) is 12.3 Å². The van der Waals surface area contributed by atoms with Crippen molar-refractivity contribution in [2.24, 2.45) is 0 Å². The number of aliphatic carboxylic acids is 1. The molecule has 136 valence electrons. The lowest BCUT2D eigenvalue weighted by Gasteiger charge is -2.24. The molecule has 0 spiro atoms. The molecule has 1 aromatic heterocycles. The monoisotopic (exact) mass is 365 g/mol. The van der Waals surface area contributed by atoms with Gasteiger partial charge in [-0.3, -0.25) is 9.78 Å². The van der Waals surface area contributed by atoms with E-state index >= 15 is 0 Å². The summed E-state index contributed by atoms with van der Waals surface area (Å²) < 4.78 is 52.6. The Balaban J connectivity index is 2.11. The SMILES string of the molecule is Cc1c(F)cccc1C1(C(=O)O)C=C(c2ccnc(C(F)(F)F)c2)CC1. The number of carboxylic acids is 1. The number of hydrogen-bond donors (Lipinski definition) is 1. The van der Waals surface area contributed by atoms with E-state index in [9.17, 15) is 27.5 Å². The largest absolute Gasteiger partial charge is 0.480 e. The third-order valence-electron chi connectivity index (χ3n) is 4.76. The lowest BCUT2D eigenvalue weighted by atomic mass is 9.78. The first-order chi connectivity index (χ1) is 12.1. The zero-order valence-corrected chi connectivity index (χ0v) is 13.8. The van der Waals surface area contributed by atoms with Crippen molar-refractivity contribution in [3.8, 4) is 0 Å². The van der Waals surface area contributed by atoms with E-state index in [0.29, 0.717) is 11.1 Å². The van der Waals surface area contributed by atoms with Crippen LogP contribution in [0, 0.1) is 12.7 Å². The van der Waals surface area contributed by atoms with Crippen LogP contribution in [0.4, 0.5) is 17.6 Å². The second kappa shape index (κ2) is 6.23. The maximum Gasteiger partial charge on any atom is 0.433 e. The van der Waals surface area contributed by atoms with E-state index in [1.165, 1.54) is 31.2 Å². The van der Waals surface area contributed by atoms with Crippen LogP contribution in [0.25, 0.3) is 5.57 Å². The molecule has 0 saturated carbocycles. The third kappa shape index (κ3) is 2.98. The van der Waals surface area contributed by atoms with Gasteiger partial charge in [-0.05, 0) is 60.2 Å². The molecule has 7 heteroatoms. The summed E-state index contributed by atoms with van der Waals surface area (Å²) >= 11 is 0. The lowest BCUT2D eigenvalue weighted by molar-refractivity contribution is -0.142. The number of allylic oxidation sites excluding steroid dienone is 1. The number of hydrogen-bond acceptors (Lipinski definition) is 2. The van der Waals surface area contributed by atoms with E-state index in [4.69, 9.17) is 0 Å². The van der Waals surface area contributed by atoms with E-state index in [1.54, 1.807) is 6.07 Å². The molecule has 1 aromatic carbocycles. The normalized spacial score (nSPS) is 20.1. The molecule has 1 unspecified atom stereocenters. The van der Waals surface area contributed by atoms with Crippen LogP contribution < -0.4 is 0 Å². The number of aromatic nitrogens is 1. The van der Waals surface area contributed by atoms with Crippen molar-refractivity contribution >= 4 is 11.5 Å². The predicted octanol–water partition coefficient (Wildman–Crippen LogP) is 4.75. The quantitative estimate of drug-likeness (QED) is 0.799. The molecule has 1 aliphatic rings. The molecular weight excluding hydrogens is 350 g/mol. The average Bonchev–Trinajstić information content (AvgIpc) is 3.03. The third-order valence-corrected chi connectivity index (χ3v) is 4.76. The summed E-state index contributed by atoms with van der Waals surface area (Å²) in [5.41, 5.74) is -1.23. The number of alkyl halides is 3. The van der Waals surface area contributed by atoms with Gasteiger partial charge < -0.3 is 5.11 Å². The first-order valence-electron chi connectivity index (χ1n) is 7.89. The van der Waals surface area contributed by atoms with Gasteiger partial charge in [-0.15, -0.1) is 0 Å². The number of benzene rings is 1. The molecule has 26 heavy (non-hydrogen) atoms. The molecule has 1 atom stereocenters. The first-order valence-corrected chi connectivity index (χ1v) is 7.89. The summed E-state index contributed by atoms with van der Waals surface area (Å²) in [6.45, 7) is 1.50. The van der Waals surface area contributed by atoms with Crippen LogP contribution in [-0.2, 0) is 16.4 Å². The highest BCUT2D eigenvalue weighted by atomic mass is 19.4. The zero-order valence-electron chi connectivity index (χ0n) is 13.8. The summed E-state index contributed by atoms with van der Waals surface area (Å²) in [4.78, 5) is 15.4. The first kappa shape index (κ1) is 18.1. The van der Waals surface area contributed by atoms with Crippen molar-refractivity contribution in [3.05, 3.63) is 70.8 Å². The smallest absolute Gasteiger partial charge is 0.433 e. The predicted molar refractivity (Wildman–Crippen MR) is 86.9 cm³/mol. The van der Waals surface area contributed by atoms with Crippen molar-refractivity contribution in [1.29, 1.82) is 0 Å². The van der Waals surface area contributed by atoms with Gasteiger partial charge in [0.1, 0.15) is 16.9 Å². The number of halogens is 4. The van der Waals surface area contributed by atoms with Crippen LogP contribution in [0.3, 0.4) is 0 Å². The van der Waals surface area contributed by atoms with Gasteiger partial charge in [0.15, 0.2) is 0 Å². The Morgan fingerprint density at radius 1 is 1.27 bits per heavy atom. The second-order valence-electron chi connectivity index (χ2n) is 6.29. The Hall–Kier alpha value is -2.70. The molecule has 2 aromatic rings. The van der Waals surface area contributed by atoms with Gasteiger partial charge in [0.05, 0.1) is 0 Å². The van der Waals surface area contributed by atoms with Gasteiger partial charge in [-0.1, -0.05) is 18.2 Å². The Bertz CT molecular complexity index is 905. The fraction of sp³-hybridized carbons (Fsp3) is 0.263. The maximum atomic E-state index is 13.9. The van der Waals surface area contributed by atoms with E-state index in [-0.39, 0.29) is 24.0 Å². The van der Waals surface area contributed by atoms with Gasteiger partial charge in [-0.2, -0.15) is 13.2 Å². The highest BCUT2D eigenvalue weighted by molar-refractivity contribution is 5.90. The zero-order chi connectivity index (χ0) is 19.1. The van der Waals surface area contributed by atoms with Crippen LogP contribution in [0.15, 0.2) is 42.6 Å². The fourth-order valence-corrected chi connectivity index (χ4v) is 3.37. The minimum absolute atomic E-state index is 0.144. The minimum Gasteiger partial charge on any atom is -0.480 e. The number of carboxylic acid groups (broad SMARTS) is 1. The summed E-state index contributed by atoms with van der Waals surface area (Å²) in [6.07, 6.45) is -1.69. The van der Waals surface area contributed by atoms with Gasteiger partial charge in [-0.25, -0.2) is 4.39 Å². The Labute approximate surface area is 147 Å². The van der Waals surface area contributed by atoms with Gasteiger partial charge in [0.25, 0.3) is 0 Å². The molecule has 0 saturated heterocycles. The molecule has 0 bridgehead atoms. The van der Waals surface area contributed by atoms with Gasteiger partial charge in [0, 0.05) is 6.20 Å². The molecule has 3 rings (SSSR count). The Morgan fingerprint density at radius 3 is 2.65 bits per heavy atom. The highest BCUT2D eigenvalue weighted by Crippen LogP contribution is 2.45. The molecular formula is C19H15F4NO2. The molecule has 0 aliphatic heterocycles. The van der Waals surface area contributed by atoms with Crippen LogP contribution in [0.1, 0.15) is 35.2 Å². The lowest BCUT2D eigenvalue weighted by Crippen LogP contribution is -2.32. The van der Waals surface area contributed by atoms with Crippen molar-refractivity contribution in [1.82, 2.24) is 4.98 Å². The second-order valence-corrected chi connectivity index (χ2v) is 6.29. The van der Waals surface area contributed by atoms with Crippen molar-refractivity contribution < 1.29 is 27.5 Å². The number of carbonyl (C=O) groups is 1. The number of nitrogens with zero attached hydrogens (tertiary/aromatic N) is 1. The summed E-state index contributed by atoms with van der Waals surface area (Å²) in [5.74, 6) is -1.68. The number of pyridine rings is 1.